The van der Waals surface area contributed by atoms with Crippen LogP contribution in [0.2, 0.25) is 0 Å². The Balaban J connectivity index is 1.78. The number of nitrogens with zero attached hydrogens (tertiary/aromatic N) is 4. The van der Waals surface area contributed by atoms with Crippen molar-refractivity contribution in [2.75, 3.05) is 26.0 Å². The summed E-state index contributed by atoms with van der Waals surface area (Å²) < 4.78 is 6.48. The lowest BCUT2D eigenvalue weighted by molar-refractivity contribution is -0.141. The van der Waals surface area contributed by atoms with Crippen LogP contribution < -0.4 is 15.4 Å². The number of rotatable bonds is 11. The third-order valence-corrected chi connectivity index (χ3v) is 4.94. The fourth-order valence-corrected chi connectivity index (χ4v) is 3.21. The molecule has 1 aromatic carbocycles. The number of carbonyl (C=O) groups is 3. The lowest BCUT2D eigenvalue weighted by atomic mass is 9.96. The molecule has 1 unspecified atom stereocenters. The van der Waals surface area contributed by atoms with Crippen molar-refractivity contribution in [3.8, 4) is 5.75 Å². The van der Waals surface area contributed by atoms with Gasteiger partial charge in [0.15, 0.2) is 11.4 Å². The van der Waals surface area contributed by atoms with E-state index in [1.807, 2.05) is 0 Å². The third kappa shape index (κ3) is 5.43. The van der Waals surface area contributed by atoms with Crippen LogP contribution in [0.1, 0.15) is 23.2 Å². The minimum absolute atomic E-state index is 0.131. The summed E-state index contributed by atoms with van der Waals surface area (Å²) in [5.74, 6) is -1.41. The van der Waals surface area contributed by atoms with Crippen LogP contribution in [-0.2, 0) is 16.1 Å². The lowest BCUT2D eigenvalue weighted by Gasteiger charge is -2.13. The van der Waals surface area contributed by atoms with E-state index < -0.39 is 11.9 Å². The van der Waals surface area contributed by atoms with Gasteiger partial charge in [0.25, 0.3) is 5.91 Å². The van der Waals surface area contributed by atoms with Gasteiger partial charge in [-0.3, -0.25) is 14.4 Å². The Hall–Kier alpha value is -3.86. The highest BCUT2D eigenvalue weighted by Crippen LogP contribution is 2.21. The molecule has 0 radical (unpaired) electrons. The third-order valence-electron chi connectivity index (χ3n) is 4.94. The summed E-state index contributed by atoms with van der Waals surface area (Å²) in [5.41, 5.74) is 0.780. The summed E-state index contributed by atoms with van der Waals surface area (Å²) in [4.78, 5) is 44.7. The molecule has 0 saturated carbocycles. The minimum Gasteiger partial charge on any atom is -0.497 e. The Kier molecular flexibility index (Phi) is 7.45. The van der Waals surface area contributed by atoms with Crippen molar-refractivity contribution in [2.24, 2.45) is 5.92 Å². The zero-order chi connectivity index (χ0) is 23.1. The number of carbonyl (C=O) groups excluding carboxylic acids is 2. The van der Waals surface area contributed by atoms with Crippen LogP contribution in [-0.4, -0.2) is 63.2 Å². The SMILES string of the molecule is CNCCC(CC(=O)O)C(=O)Cn1ncc2c(NC(=O)c3ccc(OC)cc3)ncnc21. The summed E-state index contributed by atoms with van der Waals surface area (Å²) in [6.45, 7) is 0.390. The number of nitrogens with one attached hydrogen (secondary N) is 2. The van der Waals surface area contributed by atoms with Crippen LogP contribution in [0.4, 0.5) is 5.82 Å². The van der Waals surface area contributed by atoms with Crippen LogP contribution in [0.25, 0.3) is 11.0 Å². The molecule has 3 aromatic rings. The van der Waals surface area contributed by atoms with E-state index in [0.717, 1.165) is 0 Å². The predicted octanol–water partition coefficient (Wildman–Crippen LogP) is 1.36. The highest BCUT2D eigenvalue weighted by Gasteiger charge is 2.23. The molecule has 0 aliphatic rings. The molecule has 32 heavy (non-hydrogen) atoms. The van der Waals surface area contributed by atoms with Gasteiger partial charge >= 0.3 is 5.97 Å². The number of benzene rings is 1. The zero-order valence-electron chi connectivity index (χ0n) is 17.7. The van der Waals surface area contributed by atoms with Crippen molar-refractivity contribution in [1.29, 1.82) is 0 Å². The fourth-order valence-electron chi connectivity index (χ4n) is 3.21. The van der Waals surface area contributed by atoms with Crippen LogP contribution in [0, 0.1) is 5.92 Å². The van der Waals surface area contributed by atoms with Gasteiger partial charge in [0.2, 0.25) is 0 Å². The molecule has 0 aliphatic carbocycles. The Morgan fingerprint density at radius 2 is 1.94 bits per heavy atom. The van der Waals surface area contributed by atoms with E-state index in [9.17, 15) is 14.4 Å². The maximum Gasteiger partial charge on any atom is 0.304 e. The van der Waals surface area contributed by atoms with Crippen molar-refractivity contribution in [3.05, 3.63) is 42.4 Å². The highest BCUT2D eigenvalue weighted by molar-refractivity contribution is 6.07. The molecule has 168 valence electrons. The monoisotopic (exact) mass is 440 g/mol. The Morgan fingerprint density at radius 3 is 2.59 bits per heavy atom. The first-order valence-electron chi connectivity index (χ1n) is 9.94. The van der Waals surface area contributed by atoms with Crippen molar-refractivity contribution in [2.45, 2.75) is 19.4 Å². The number of carboxylic acid groups (broad SMARTS) is 1. The molecule has 11 heteroatoms. The topological polar surface area (TPSA) is 148 Å². The van der Waals surface area contributed by atoms with Crippen LogP contribution in [0.15, 0.2) is 36.8 Å². The van der Waals surface area contributed by atoms with Gasteiger partial charge in [-0.25, -0.2) is 14.6 Å². The number of carboxylic acids is 1. The molecule has 0 bridgehead atoms. The summed E-state index contributed by atoms with van der Waals surface area (Å²) in [5, 5.41) is 19.4. The molecular formula is C21H24N6O5. The first kappa shape index (κ1) is 22.8. The standard InChI is InChI=1S/C21H24N6O5/c1-22-8-7-14(9-18(29)30)17(28)11-27-20-16(10-25-27)19(23-12-24-20)26-21(31)13-3-5-15(32-2)6-4-13/h3-6,10,12,14,22H,7-9,11H2,1-2H3,(H,29,30)(H,23,24,26,31). The quantitative estimate of drug-likeness (QED) is 0.402. The molecule has 0 aliphatic heterocycles. The van der Waals surface area contributed by atoms with E-state index in [1.165, 1.54) is 17.2 Å². The molecule has 1 amide bonds. The molecule has 3 N–H and O–H groups in total. The molecule has 2 aromatic heterocycles. The van der Waals surface area contributed by atoms with E-state index in [-0.39, 0.29) is 30.5 Å². The van der Waals surface area contributed by atoms with Gasteiger partial charge in [-0.2, -0.15) is 5.10 Å². The molecule has 0 fully saturated rings. The second kappa shape index (κ2) is 10.4. The lowest BCUT2D eigenvalue weighted by Crippen LogP contribution is -2.26. The molecular weight excluding hydrogens is 416 g/mol. The number of methoxy groups -OCH3 is 1. The minimum atomic E-state index is -1.03. The van der Waals surface area contributed by atoms with E-state index in [2.05, 4.69) is 25.7 Å². The van der Waals surface area contributed by atoms with Gasteiger partial charge in [-0.05, 0) is 44.3 Å². The summed E-state index contributed by atoms with van der Waals surface area (Å²) in [7, 11) is 3.28. The van der Waals surface area contributed by atoms with Crippen LogP contribution in [0.5, 0.6) is 5.75 Å². The van der Waals surface area contributed by atoms with Gasteiger partial charge in [-0.15, -0.1) is 0 Å². The average Bonchev–Trinajstić information content (AvgIpc) is 3.20. The number of hydrogen-bond acceptors (Lipinski definition) is 8. The molecule has 2 heterocycles. The maximum atomic E-state index is 12.7. The molecule has 0 saturated heterocycles. The largest absolute Gasteiger partial charge is 0.497 e. The Labute approximate surface area is 183 Å². The van der Waals surface area contributed by atoms with Crippen molar-refractivity contribution >= 4 is 34.5 Å². The van der Waals surface area contributed by atoms with E-state index in [1.54, 1.807) is 38.4 Å². The second-order valence-corrected chi connectivity index (χ2v) is 7.10. The summed E-state index contributed by atoms with van der Waals surface area (Å²) in [6.07, 6.45) is 2.88. The van der Waals surface area contributed by atoms with Gasteiger partial charge in [0.05, 0.1) is 25.1 Å². The van der Waals surface area contributed by atoms with Crippen LogP contribution in [0.3, 0.4) is 0 Å². The number of Topliss-reactive ketones (excluding diaryl/α,β-unsaturated/α-hetero) is 1. The van der Waals surface area contributed by atoms with Gasteiger partial charge in [-0.1, -0.05) is 0 Å². The fraction of sp³-hybridized carbons (Fsp3) is 0.333. The number of anilines is 1. The molecule has 0 spiro atoms. The zero-order valence-corrected chi connectivity index (χ0v) is 17.7. The molecule has 3 rings (SSSR count). The molecule has 1 atom stereocenters. The number of amides is 1. The van der Waals surface area contributed by atoms with Crippen LogP contribution >= 0.6 is 0 Å². The highest BCUT2D eigenvalue weighted by atomic mass is 16.5. The first-order chi connectivity index (χ1) is 15.4. The van der Waals surface area contributed by atoms with E-state index >= 15 is 0 Å². The number of ketones is 1. The van der Waals surface area contributed by atoms with E-state index in [4.69, 9.17) is 9.84 Å². The molecule has 11 nitrogen and oxygen atoms in total. The second-order valence-electron chi connectivity index (χ2n) is 7.10. The number of aliphatic carboxylic acids is 1. The number of hydrogen-bond donors (Lipinski definition) is 3. The van der Waals surface area contributed by atoms with Crippen molar-refractivity contribution in [3.63, 3.8) is 0 Å². The van der Waals surface area contributed by atoms with Crippen molar-refractivity contribution < 1.29 is 24.2 Å². The number of fused-ring (bicyclic) bond motifs is 1. The van der Waals surface area contributed by atoms with Gasteiger partial charge in [0.1, 0.15) is 24.4 Å². The summed E-state index contributed by atoms with van der Waals surface area (Å²) in [6, 6.07) is 6.61. The summed E-state index contributed by atoms with van der Waals surface area (Å²) >= 11 is 0. The Bertz CT molecular complexity index is 1110. The number of aromatic nitrogens is 4. The van der Waals surface area contributed by atoms with E-state index in [0.29, 0.717) is 35.3 Å². The Morgan fingerprint density at radius 1 is 1.19 bits per heavy atom. The number of ether oxygens (including phenoxy) is 1. The smallest absolute Gasteiger partial charge is 0.304 e. The van der Waals surface area contributed by atoms with Crippen molar-refractivity contribution in [1.82, 2.24) is 25.1 Å². The predicted molar refractivity (Wildman–Crippen MR) is 116 cm³/mol. The van der Waals surface area contributed by atoms with Gasteiger partial charge in [0, 0.05) is 11.5 Å². The first-order valence-corrected chi connectivity index (χ1v) is 9.94. The van der Waals surface area contributed by atoms with Gasteiger partial charge < -0.3 is 20.5 Å². The maximum absolute atomic E-state index is 12.7. The normalized spacial score (nSPS) is 11.8. The average molecular weight is 440 g/mol.